The summed E-state index contributed by atoms with van der Waals surface area (Å²) in [4.78, 5) is 36.8. The van der Waals surface area contributed by atoms with E-state index < -0.39 is 5.60 Å². The molecule has 218 valence electrons. The number of benzene rings is 1. The van der Waals surface area contributed by atoms with Crippen LogP contribution in [0.2, 0.25) is 0 Å². The van der Waals surface area contributed by atoms with E-state index in [2.05, 4.69) is 30.9 Å². The van der Waals surface area contributed by atoms with Crippen LogP contribution in [0.25, 0.3) is 0 Å². The first-order chi connectivity index (χ1) is 19.2. The maximum Gasteiger partial charge on any atom is 0.410 e. The second kappa shape index (κ2) is 13.5. The Hall–Kier alpha value is -3.09. The number of hydrogen-bond donors (Lipinski definition) is 0. The third-order valence-electron chi connectivity index (χ3n) is 8.51. The van der Waals surface area contributed by atoms with Crippen molar-refractivity contribution in [2.75, 3.05) is 36.5 Å². The number of carbonyl (C=O) groups excluding carboxylic acids is 2. The Morgan fingerprint density at radius 2 is 1.73 bits per heavy atom. The van der Waals surface area contributed by atoms with Crippen molar-refractivity contribution in [2.45, 2.75) is 103 Å². The predicted molar refractivity (Wildman–Crippen MR) is 162 cm³/mol. The average molecular weight is 549 g/mol. The SMILES string of the molecule is CCCN(C(=O)c1ccc(C2CCCCC2)cc1)c1ccc(N2CCC(N(C)C(=O)OC(C)(C)CCC)C2)nc1. The van der Waals surface area contributed by atoms with Gasteiger partial charge in [0.2, 0.25) is 0 Å². The van der Waals surface area contributed by atoms with Crippen molar-refractivity contribution in [3.05, 3.63) is 53.7 Å². The van der Waals surface area contributed by atoms with Gasteiger partial charge in [-0.25, -0.2) is 9.78 Å². The van der Waals surface area contributed by atoms with Gasteiger partial charge in [0.1, 0.15) is 11.4 Å². The van der Waals surface area contributed by atoms with Gasteiger partial charge in [-0.05, 0) is 81.7 Å². The lowest BCUT2D eigenvalue weighted by molar-refractivity contribution is 0.00710. The van der Waals surface area contributed by atoms with Gasteiger partial charge in [-0.1, -0.05) is 51.7 Å². The highest BCUT2D eigenvalue weighted by Crippen LogP contribution is 2.33. The lowest BCUT2D eigenvalue weighted by Crippen LogP contribution is -2.42. The highest BCUT2D eigenvalue weighted by molar-refractivity contribution is 6.06. The third-order valence-corrected chi connectivity index (χ3v) is 8.51. The standard InChI is InChI=1S/C33H48N4O3/c1-6-20-33(3,4)40-32(39)35(5)29-19-22-36(24-29)30-18-17-28(23-34-30)37(21-7-2)31(38)27-15-13-26(14-16-27)25-11-9-8-10-12-25/h13-18,23,25,29H,6-12,19-22,24H2,1-5H3. The van der Waals surface area contributed by atoms with E-state index in [-0.39, 0.29) is 18.0 Å². The monoisotopic (exact) mass is 548 g/mol. The fourth-order valence-electron chi connectivity index (χ4n) is 6.16. The van der Waals surface area contributed by atoms with E-state index in [0.29, 0.717) is 19.0 Å². The molecule has 7 heteroatoms. The molecule has 7 nitrogen and oxygen atoms in total. The fourth-order valence-corrected chi connectivity index (χ4v) is 6.16. The Balaban J connectivity index is 1.38. The summed E-state index contributed by atoms with van der Waals surface area (Å²) >= 11 is 0. The van der Waals surface area contributed by atoms with Crippen molar-refractivity contribution in [1.82, 2.24) is 9.88 Å². The number of carbonyl (C=O) groups is 2. The summed E-state index contributed by atoms with van der Waals surface area (Å²) in [6.45, 7) is 10.3. The van der Waals surface area contributed by atoms with Gasteiger partial charge in [-0.15, -0.1) is 0 Å². The van der Waals surface area contributed by atoms with Crippen LogP contribution in [0.4, 0.5) is 16.3 Å². The molecular formula is C33H48N4O3. The summed E-state index contributed by atoms with van der Waals surface area (Å²) in [7, 11) is 1.82. The zero-order valence-electron chi connectivity index (χ0n) is 25.2. The topological polar surface area (TPSA) is 66.0 Å². The van der Waals surface area contributed by atoms with Gasteiger partial charge in [0.05, 0.1) is 17.9 Å². The highest BCUT2D eigenvalue weighted by atomic mass is 16.6. The van der Waals surface area contributed by atoms with E-state index in [0.717, 1.165) is 49.3 Å². The van der Waals surface area contributed by atoms with Gasteiger partial charge in [0.15, 0.2) is 0 Å². The van der Waals surface area contributed by atoms with Crippen molar-refractivity contribution in [3.8, 4) is 0 Å². The maximum absolute atomic E-state index is 13.5. The minimum atomic E-state index is -0.463. The van der Waals surface area contributed by atoms with Crippen molar-refractivity contribution >= 4 is 23.5 Å². The molecule has 1 saturated carbocycles. The quantitative estimate of drug-likeness (QED) is 0.309. The van der Waals surface area contributed by atoms with Crippen molar-refractivity contribution < 1.29 is 14.3 Å². The minimum absolute atomic E-state index is 0.0129. The maximum atomic E-state index is 13.5. The molecule has 4 rings (SSSR count). The minimum Gasteiger partial charge on any atom is -0.443 e. The molecule has 0 N–H and O–H groups in total. The Morgan fingerprint density at radius 1 is 1.00 bits per heavy atom. The Labute approximate surface area is 240 Å². The normalized spacial score (nSPS) is 18.0. The number of amides is 2. The molecule has 1 aliphatic heterocycles. The van der Waals surface area contributed by atoms with Crippen LogP contribution in [0, 0.1) is 0 Å². The number of rotatable bonds is 10. The molecule has 2 aliphatic rings. The summed E-state index contributed by atoms with van der Waals surface area (Å²) in [6, 6.07) is 12.3. The van der Waals surface area contributed by atoms with Gasteiger partial charge in [-0.3, -0.25) is 4.79 Å². The van der Waals surface area contributed by atoms with Crippen LogP contribution in [0.15, 0.2) is 42.6 Å². The number of likely N-dealkylation sites (N-methyl/N-ethyl adjacent to an activating group) is 1. The van der Waals surface area contributed by atoms with Crippen LogP contribution in [0.5, 0.6) is 0 Å². The van der Waals surface area contributed by atoms with E-state index in [4.69, 9.17) is 9.72 Å². The van der Waals surface area contributed by atoms with Crippen molar-refractivity contribution in [3.63, 3.8) is 0 Å². The lowest BCUT2D eigenvalue weighted by Gasteiger charge is -2.30. The summed E-state index contributed by atoms with van der Waals surface area (Å²) in [5.41, 5.74) is 2.42. The molecule has 0 bridgehead atoms. The zero-order chi connectivity index (χ0) is 28.7. The smallest absolute Gasteiger partial charge is 0.410 e. The fraction of sp³-hybridized carbons (Fsp3) is 0.606. The number of anilines is 2. The summed E-state index contributed by atoms with van der Waals surface area (Å²) in [5, 5.41) is 0. The van der Waals surface area contributed by atoms with Gasteiger partial charge >= 0.3 is 6.09 Å². The number of nitrogens with zero attached hydrogens (tertiary/aromatic N) is 4. The Morgan fingerprint density at radius 3 is 2.35 bits per heavy atom. The molecule has 40 heavy (non-hydrogen) atoms. The summed E-state index contributed by atoms with van der Waals surface area (Å²) in [5.74, 6) is 1.50. The first-order valence-corrected chi connectivity index (χ1v) is 15.3. The van der Waals surface area contributed by atoms with Gasteiger partial charge in [0, 0.05) is 32.2 Å². The second-order valence-electron chi connectivity index (χ2n) is 12.2. The third kappa shape index (κ3) is 7.35. The average Bonchev–Trinajstić information content (AvgIpc) is 3.46. The lowest BCUT2D eigenvalue weighted by atomic mass is 9.84. The molecule has 2 aromatic rings. The summed E-state index contributed by atoms with van der Waals surface area (Å²) < 4.78 is 5.77. The number of ether oxygens (including phenoxy) is 1. The van der Waals surface area contributed by atoms with Crippen molar-refractivity contribution in [1.29, 1.82) is 0 Å². The largest absolute Gasteiger partial charge is 0.443 e. The van der Waals surface area contributed by atoms with E-state index >= 15 is 0 Å². The molecule has 1 aliphatic carbocycles. The van der Waals surface area contributed by atoms with Crippen LogP contribution in [-0.4, -0.2) is 60.2 Å². The Bertz CT molecular complexity index is 1110. The second-order valence-corrected chi connectivity index (χ2v) is 12.2. The summed E-state index contributed by atoms with van der Waals surface area (Å²) in [6.07, 6.45) is 11.5. The molecular weight excluding hydrogens is 500 g/mol. The predicted octanol–water partition coefficient (Wildman–Crippen LogP) is 7.41. The molecule has 1 unspecified atom stereocenters. The number of pyridine rings is 1. The molecule has 0 radical (unpaired) electrons. The number of aromatic nitrogens is 1. The van der Waals surface area contributed by atoms with E-state index in [1.54, 1.807) is 11.1 Å². The zero-order valence-corrected chi connectivity index (χ0v) is 25.2. The van der Waals surface area contributed by atoms with E-state index in [1.165, 1.54) is 37.7 Å². The highest BCUT2D eigenvalue weighted by Gasteiger charge is 2.32. The molecule has 1 atom stereocenters. The molecule has 1 aromatic heterocycles. The van der Waals surface area contributed by atoms with Gasteiger partial charge in [0.25, 0.3) is 5.91 Å². The molecule has 1 aromatic carbocycles. The van der Waals surface area contributed by atoms with Crippen molar-refractivity contribution in [2.24, 2.45) is 0 Å². The first kappa shape index (κ1) is 29.9. The van der Waals surface area contributed by atoms with Crippen LogP contribution in [0.3, 0.4) is 0 Å². The molecule has 1 saturated heterocycles. The van der Waals surface area contributed by atoms with Gasteiger partial charge in [-0.2, -0.15) is 0 Å². The molecule has 0 spiro atoms. The van der Waals surface area contributed by atoms with Crippen LogP contribution in [-0.2, 0) is 4.74 Å². The molecule has 2 heterocycles. The molecule has 2 amide bonds. The van der Waals surface area contributed by atoms with E-state index in [9.17, 15) is 9.59 Å². The molecule has 2 fully saturated rings. The van der Waals surface area contributed by atoms with Crippen LogP contribution in [0.1, 0.15) is 107 Å². The van der Waals surface area contributed by atoms with Crippen LogP contribution < -0.4 is 9.80 Å². The Kier molecular flexibility index (Phi) is 10.1. The van der Waals surface area contributed by atoms with E-state index in [1.807, 2.05) is 50.1 Å². The number of hydrogen-bond acceptors (Lipinski definition) is 5. The van der Waals surface area contributed by atoms with Crippen LogP contribution >= 0.6 is 0 Å². The van der Waals surface area contributed by atoms with Gasteiger partial charge < -0.3 is 19.4 Å². The first-order valence-electron chi connectivity index (χ1n) is 15.3.